The standard InChI is InChI=1S/C24H24FNOS.C4H4O4/c25-20-10-11-23-21(17-20)24(16-19-8-4-5-9-22(19)27-23)28-15-14-26-13-12-18-6-2-1-3-7-18;5-3(6)1-2-4(7)8/h1-11,17,24,26H,12-16H2;1-2H,(H,5,6)(H,7,8)/b;2-1-. The summed E-state index contributed by atoms with van der Waals surface area (Å²) >= 11 is 1.86. The number of rotatable bonds is 9. The molecule has 1 aliphatic rings. The predicted molar refractivity (Wildman–Crippen MR) is 139 cm³/mol. The topological polar surface area (TPSA) is 95.9 Å². The van der Waals surface area contributed by atoms with Gasteiger partial charge >= 0.3 is 11.9 Å². The number of carboxylic acid groups (broad SMARTS) is 2. The van der Waals surface area contributed by atoms with Crippen LogP contribution in [0.15, 0.2) is 84.9 Å². The Kier molecular flexibility index (Phi) is 10.5. The van der Waals surface area contributed by atoms with Gasteiger partial charge in [0, 0.05) is 35.3 Å². The average molecular weight is 510 g/mol. The number of carboxylic acids is 2. The van der Waals surface area contributed by atoms with E-state index in [1.54, 1.807) is 12.1 Å². The summed E-state index contributed by atoms with van der Waals surface area (Å²) in [6.07, 6.45) is 3.00. The van der Waals surface area contributed by atoms with Gasteiger partial charge < -0.3 is 20.3 Å². The zero-order chi connectivity index (χ0) is 25.8. The first-order chi connectivity index (χ1) is 17.4. The molecule has 0 fully saturated rings. The summed E-state index contributed by atoms with van der Waals surface area (Å²) in [6.45, 7) is 1.90. The van der Waals surface area contributed by atoms with Gasteiger partial charge in [-0.15, -0.1) is 0 Å². The zero-order valence-corrected chi connectivity index (χ0v) is 20.4. The number of halogens is 1. The molecule has 3 aromatic rings. The molecule has 6 nitrogen and oxygen atoms in total. The Hall–Kier alpha value is -3.62. The van der Waals surface area contributed by atoms with E-state index in [1.165, 1.54) is 17.2 Å². The molecular weight excluding hydrogens is 481 g/mol. The van der Waals surface area contributed by atoms with Gasteiger partial charge in [0.1, 0.15) is 17.3 Å². The number of ether oxygens (including phenoxy) is 1. The first-order valence-corrected chi connectivity index (χ1v) is 12.5. The molecule has 0 amide bonds. The van der Waals surface area contributed by atoms with Crippen LogP contribution < -0.4 is 10.1 Å². The number of carbonyl (C=O) groups is 2. The number of fused-ring (bicyclic) bond motifs is 2. The van der Waals surface area contributed by atoms with Crippen LogP contribution in [0.5, 0.6) is 11.5 Å². The first kappa shape index (κ1) is 27.0. The molecule has 0 saturated heterocycles. The molecule has 3 aromatic carbocycles. The van der Waals surface area contributed by atoms with Gasteiger partial charge in [0.25, 0.3) is 0 Å². The van der Waals surface area contributed by atoms with Crippen molar-refractivity contribution >= 4 is 23.7 Å². The highest BCUT2D eigenvalue weighted by Crippen LogP contribution is 2.44. The highest BCUT2D eigenvalue weighted by molar-refractivity contribution is 7.99. The molecule has 1 heterocycles. The van der Waals surface area contributed by atoms with E-state index >= 15 is 0 Å². The summed E-state index contributed by atoms with van der Waals surface area (Å²) in [7, 11) is 0. The van der Waals surface area contributed by atoms with Crippen molar-refractivity contribution in [2.24, 2.45) is 0 Å². The Balaban J connectivity index is 0.000000392. The summed E-state index contributed by atoms with van der Waals surface area (Å²) in [6, 6.07) is 23.5. The van der Waals surface area contributed by atoms with E-state index in [0.29, 0.717) is 12.2 Å². The van der Waals surface area contributed by atoms with Crippen LogP contribution in [0, 0.1) is 5.82 Å². The largest absolute Gasteiger partial charge is 0.478 e. The maximum Gasteiger partial charge on any atom is 0.328 e. The number of thioether (sulfide) groups is 1. The van der Waals surface area contributed by atoms with Crippen molar-refractivity contribution in [3.8, 4) is 11.5 Å². The predicted octanol–water partition coefficient (Wildman–Crippen LogP) is 5.49. The Morgan fingerprint density at radius 1 is 0.944 bits per heavy atom. The van der Waals surface area contributed by atoms with Crippen molar-refractivity contribution in [1.29, 1.82) is 0 Å². The summed E-state index contributed by atoms with van der Waals surface area (Å²) in [4.78, 5) is 19.1. The maximum atomic E-state index is 13.9. The summed E-state index contributed by atoms with van der Waals surface area (Å²) in [5.41, 5.74) is 3.48. The third-order valence-electron chi connectivity index (χ3n) is 5.32. The van der Waals surface area contributed by atoms with Crippen LogP contribution in [0.1, 0.15) is 21.9 Å². The van der Waals surface area contributed by atoms with Crippen molar-refractivity contribution in [1.82, 2.24) is 5.32 Å². The van der Waals surface area contributed by atoms with E-state index in [-0.39, 0.29) is 11.1 Å². The van der Waals surface area contributed by atoms with Crippen molar-refractivity contribution in [2.45, 2.75) is 18.1 Å². The number of hydrogen-bond acceptors (Lipinski definition) is 5. The van der Waals surface area contributed by atoms with Crippen LogP contribution in [0.25, 0.3) is 0 Å². The van der Waals surface area contributed by atoms with E-state index in [0.717, 1.165) is 48.7 Å². The molecular formula is C28H28FNO5S. The normalized spacial score (nSPS) is 14.0. The molecule has 3 N–H and O–H groups in total. The van der Waals surface area contributed by atoms with Crippen molar-refractivity contribution in [3.63, 3.8) is 0 Å². The monoisotopic (exact) mass is 509 g/mol. The molecule has 0 aliphatic carbocycles. The van der Waals surface area contributed by atoms with Crippen molar-refractivity contribution < 1.29 is 28.9 Å². The fourth-order valence-electron chi connectivity index (χ4n) is 3.63. The Bertz CT molecular complexity index is 1170. The summed E-state index contributed by atoms with van der Waals surface area (Å²) < 4.78 is 20.0. The molecule has 0 saturated carbocycles. The van der Waals surface area contributed by atoms with Gasteiger partial charge in [0.05, 0.1) is 0 Å². The highest BCUT2D eigenvalue weighted by Gasteiger charge is 2.24. The van der Waals surface area contributed by atoms with E-state index in [4.69, 9.17) is 14.9 Å². The lowest BCUT2D eigenvalue weighted by atomic mass is 10.0. The first-order valence-electron chi connectivity index (χ1n) is 11.5. The van der Waals surface area contributed by atoms with Gasteiger partial charge in [-0.3, -0.25) is 0 Å². The summed E-state index contributed by atoms with van der Waals surface area (Å²) in [5, 5.41) is 19.3. The molecule has 0 bridgehead atoms. The van der Waals surface area contributed by atoms with Crippen LogP contribution in [-0.4, -0.2) is 41.0 Å². The molecule has 188 valence electrons. The molecule has 1 unspecified atom stereocenters. The van der Waals surface area contributed by atoms with Crippen LogP contribution >= 0.6 is 11.8 Å². The molecule has 8 heteroatoms. The highest BCUT2D eigenvalue weighted by atomic mass is 32.2. The number of hydrogen-bond donors (Lipinski definition) is 3. The van der Waals surface area contributed by atoms with Gasteiger partial charge in [0.15, 0.2) is 0 Å². The quantitative estimate of drug-likeness (QED) is 0.259. The minimum absolute atomic E-state index is 0.185. The molecule has 4 rings (SSSR count). The minimum atomic E-state index is -1.26. The third kappa shape index (κ3) is 8.87. The van der Waals surface area contributed by atoms with Crippen LogP contribution in [-0.2, 0) is 22.4 Å². The van der Waals surface area contributed by atoms with Crippen LogP contribution in [0.3, 0.4) is 0 Å². The van der Waals surface area contributed by atoms with E-state index in [9.17, 15) is 14.0 Å². The molecule has 0 aromatic heterocycles. The fraction of sp³-hybridized carbons (Fsp3) is 0.214. The number of para-hydroxylation sites is 1. The number of aliphatic carboxylic acids is 2. The Morgan fingerprint density at radius 2 is 1.64 bits per heavy atom. The third-order valence-corrected chi connectivity index (χ3v) is 6.58. The van der Waals surface area contributed by atoms with E-state index in [2.05, 4.69) is 35.6 Å². The zero-order valence-electron chi connectivity index (χ0n) is 19.6. The Labute approximate surface area is 213 Å². The second-order valence-electron chi connectivity index (χ2n) is 7.95. The number of benzene rings is 3. The lowest BCUT2D eigenvalue weighted by Gasteiger charge is -2.17. The molecule has 1 aliphatic heterocycles. The van der Waals surface area contributed by atoms with Crippen LogP contribution in [0.4, 0.5) is 4.39 Å². The SMILES string of the molecule is Fc1ccc2c(c1)C(SCCNCCc1ccccc1)Cc1ccccc1O2.O=C(O)/C=C\C(=O)O. The Morgan fingerprint density at radius 3 is 2.36 bits per heavy atom. The van der Waals surface area contributed by atoms with Gasteiger partial charge in [-0.2, -0.15) is 11.8 Å². The van der Waals surface area contributed by atoms with Gasteiger partial charge in [0.2, 0.25) is 0 Å². The molecule has 0 radical (unpaired) electrons. The maximum absolute atomic E-state index is 13.9. The van der Waals surface area contributed by atoms with Crippen molar-refractivity contribution in [3.05, 3.63) is 107 Å². The van der Waals surface area contributed by atoms with Crippen LogP contribution in [0.2, 0.25) is 0 Å². The van der Waals surface area contributed by atoms with Crippen molar-refractivity contribution in [2.75, 3.05) is 18.8 Å². The minimum Gasteiger partial charge on any atom is -0.478 e. The molecule has 0 spiro atoms. The second kappa shape index (κ2) is 14.1. The number of nitrogens with one attached hydrogen (secondary N) is 1. The lowest BCUT2D eigenvalue weighted by Crippen LogP contribution is -2.20. The second-order valence-corrected chi connectivity index (χ2v) is 9.26. The smallest absolute Gasteiger partial charge is 0.328 e. The molecule has 1 atom stereocenters. The van der Waals surface area contributed by atoms with Gasteiger partial charge in [-0.05, 0) is 54.8 Å². The van der Waals surface area contributed by atoms with E-state index < -0.39 is 11.9 Å². The van der Waals surface area contributed by atoms with Gasteiger partial charge in [-0.25, -0.2) is 14.0 Å². The fourth-order valence-corrected chi connectivity index (χ4v) is 4.84. The van der Waals surface area contributed by atoms with E-state index in [1.807, 2.05) is 36.0 Å². The molecule has 36 heavy (non-hydrogen) atoms. The lowest BCUT2D eigenvalue weighted by molar-refractivity contribution is -0.134. The summed E-state index contributed by atoms with van der Waals surface area (Å²) in [5.74, 6) is -0.113. The van der Waals surface area contributed by atoms with Gasteiger partial charge in [-0.1, -0.05) is 48.5 Å². The average Bonchev–Trinajstić information content (AvgIpc) is 3.02.